The van der Waals surface area contributed by atoms with Gasteiger partial charge in [0.2, 0.25) is 5.91 Å². The molecule has 0 radical (unpaired) electrons. The molecule has 2 rings (SSSR count). The summed E-state index contributed by atoms with van der Waals surface area (Å²) < 4.78 is 12.8. The van der Waals surface area contributed by atoms with Gasteiger partial charge in [-0.1, -0.05) is 37.8 Å². The number of rotatable bonds is 9. The first-order valence-corrected chi connectivity index (χ1v) is 9.63. The van der Waals surface area contributed by atoms with Crippen molar-refractivity contribution < 1.29 is 9.18 Å². The third kappa shape index (κ3) is 9.93. The van der Waals surface area contributed by atoms with Crippen LogP contribution in [0.15, 0.2) is 29.3 Å². The van der Waals surface area contributed by atoms with Gasteiger partial charge in [0.05, 0.1) is 6.42 Å². The van der Waals surface area contributed by atoms with Crippen LogP contribution in [0.5, 0.6) is 0 Å². The average Bonchev–Trinajstić information content (AvgIpc) is 3.16. The first-order valence-electron chi connectivity index (χ1n) is 9.63. The number of nitrogens with one attached hydrogen (secondary N) is 3. The molecule has 0 unspecified atom stereocenters. The van der Waals surface area contributed by atoms with Crippen LogP contribution in [0.25, 0.3) is 0 Å². The van der Waals surface area contributed by atoms with E-state index in [9.17, 15) is 9.18 Å². The lowest BCUT2D eigenvalue weighted by atomic mass is 10.0. The number of hydrogen-bond donors (Lipinski definition) is 3. The quantitative estimate of drug-likeness (QED) is 0.216. The van der Waals surface area contributed by atoms with Gasteiger partial charge in [-0.2, -0.15) is 0 Å². The van der Waals surface area contributed by atoms with Crippen LogP contribution in [-0.4, -0.2) is 38.5 Å². The molecule has 7 heteroatoms. The molecule has 1 aromatic carbocycles. The number of guanidine groups is 1. The number of aliphatic imine (C=N–C) groups is 1. The normalized spacial score (nSPS) is 14.5. The average molecular weight is 490 g/mol. The number of benzene rings is 1. The fraction of sp³-hybridized carbons (Fsp3) is 0.600. The standard InChI is InChI=1S/C20H31FN4O.HI/c1-22-20(24-12-4-7-16-5-2-3-6-16)25-14-13-23-19(26)15-17-8-10-18(21)11-9-17;/h8-11,16H,2-7,12-15H2,1H3,(H,23,26)(H2,22,24,25);1H. The maximum atomic E-state index is 12.8. The molecule has 27 heavy (non-hydrogen) atoms. The Labute approximate surface area is 179 Å². The van der Waals surface area contributed by atoms with E-state index in [0.717, 1.165) is 24.0 Å². The number of carbonyl (C=O) groups excluding carboxylic acids is 1. The van der Waals surface area contributed by atoms with Crippen molar-refractivity contribution in [3.63, 3.8) is 0 Å². The van der Waals surface area contributed by atoms with Gasteiger partial charge in [0.1, 0.15) is 5.82 Å². The van der Waals surface area contributed by atoms with Gasteiger partial charge in [-0.25, -0.2) is 4.39 Å². The summed E-state index contributed by atoms with van der Waals surface area (Å²) in [6, 6.07) is 5.99. The molecule has 1 amide bonds. The second-order valence-corrected chi connectivity index (χ2v) is 6.87. The lowest BCUT2D eigenvalue weighted by Crippen LogP contribution is -2.42. The summed E-state index contributed by atoms with van der Waals surface area (Å²) in [7, 11) is 1.75. The van der Waals surface area contributed by atoms with Crippen molar-refractivity contribution in [1.29, 1.82) is 0 Å². The summed E-state index contributed by atoms with van der Waals surface area (Å²) in [6.07, 6.45) is 8.30. The third-order valence-electron chi connectivity index (χ3n) is 4.80. The molecule has 1 aromatic rings. The number of halogens is 2. The van der Waals surface area contributed by atoms with E-state index in [2.05, 4.69) is 20.9 Å². The molecule has 152 valence electrons. The first-order chi connectivity index (χ1) is 12.7. The predicted molar refractivity (Wildman–Crippen MR) is 119 cm³/mol. The van der Waals surface area contributed by atoms with E-state index >= 15 is 0 Å². The highest BCUT2D eigenvalue weighted by atomic mass is 127. The van der Waals surface area contributed by atoms with Crippen molar-refractivity contribution >= 4 is 35.8 Å². The van der Waals surface area contributed by atoms with E-state index in [-0.39, 0.29) is 42.1 Å². The number of hydrogen-bond acceptors (Lipinski definition) is 2. The van der Waals surface area contributed by atoms with Crippen LogP contribution in [0.1, 0.15) is 44.1 Å². The highest BCUT2D eigenvalue weighted by Gasteiger charge is 2.13. The monoisotopic (exact) mass is 490 g/mol. The lowest BCUT2D eigenvalue weighted by Gasteiger charge is -2.13. The zero-order valence-corrected chi connectivity index (χ0v) is 18.4. The van der Waals surface area contributed by atoms with Gasteiger partial charge in [0, 0.05) is 26.7 Å². The van der Waals surface area contributed by atoms with E-state index in [1.54, 1.807) is 19.2 Å². The molecular formula is C20H32FIN4O. The van der Waals surface area contributed by atoms with Gasteiger partial charge in [0.15, 0.2) is 5.96 Å². The minimum absolute atomic E-state index is 0. The van der Waals surface area contributed by atoms with E-state index in [1.165, 1.54) is 50.7 Å². The Kier molecular flexibility index (Phi) is 12.0. The minimum Gasteiger partial charge on any atom is -0.356 e. The first kappa shape index (κ1) is 23.7. The Morgan fingerprint density at radius 3 is 2.37 bits per heavy atom. The minimum atomic E-state index is -0.291. The highest BCUT2D eigenvalue weighted by Crippen LogP contribution is 2.28. The molecule has 3 N–H and O–H groups in total. The van der Waals surface area contributed by atoms with E-state index in [0.29, 0.717) is 13.1 Å². The summed E-state index contributed by atoms with van der Waals surface area (Å²) in [5.41, 5.74) is 0.802. The molecule has 5 nitrogen and oxygen atoms in total. The van der Waals surface area contributed by atoms with Crippen LogP contribution in [0, 0.1) is 11.7 Å². The Bertz CT molecular complexity index is 574. The summed E-state index contributed by atoms with van der Waals surface area (Å²) in [5.74, 6) is 1.32. The fourth-order valence-electron chi connectivity index (χ4n) is 3.35. The van der Waals surface area contributed by atoms with Crippen molar-refractivity contribution in [2.45, 2.75) is 44.9 Å². The molecule has 1 fully saturated rings. The molecule has 1 saturated carbocycles. The summed E-state index contributed by atoms with van der Waals surface area (Å²) in [5, 5.41) is 9.37. The van der Waals surface area contributed by atoms with Gasteiger partial charge < -0.3 is 16.0 Å². The molecule has 0 aliphatic heterocycles. The maximum absolute atomic E-state index is 12.8. The van der Waals surface area contributed by atoms with Crippen LogP contribution in [0.2, 0.25) is 0 Å². The molecular weight excluding hydrogens is 458 g/mol. The second-order valence-electron chi connectivity index (χ2n) is 6.87. The molecule has 0 spiro atoms. The molecule has 1 aliphatic carbocycles. The Hall–Kier alpha value is -1.38. The molecule has 1 aliphatic rings. The summed E-state index contributed by atoms with van der Waals surface area (Å²) in [6.45, 7) is 2.05. The van der Waals surface area contributed by atoms with Crippen LogP contribution in [-0.2, 0) is 11.2 Å². The SMILES string of the molecule is CN=C(NCCCC1CCCC1)NCCNC(=O)Cc1ccc(F)cc1.I. The predicted octanol–water partition coefficient (Wildman–Crippen LogP) is 3.24. The molecule has 0 heterocycles. The Morgan fingerprint density at radius 1 is 1.07 bits per heavy atom. The maximum Gasteiger partial charge on any atom is 0.224 e. The highest BCUT2D eigenvalue weighted by molar-refractivity contribution is 14.0. The van der Waals surface area contributed by atoms with Crippen LogP contribution >= 0.6 is 24.0 Å². The molecule has 0 saturated heterocycles. The summed E-state index contributed by atoms with van der Waals surface area (Å²) in [4.78, 5) is 16.1. The molecule has 0 atom stereocenters. The molecule has 0 bridgehead atoms. The van der Waals surface area contributed by atoms with E-state index in [1.807, 2.05) is 0 Å². The van der Waals surface area contributed by atoms with Crippen molar-refractivity contribution in [1.82, 2.24) is 16.0 Å². The zero-order chi connectivity index (χ0) is 18.6. The van der Waals surface area contributed by atoms with Gasteiger partial charge in [-0.3, -0.25) is 9.79 Å². The molecule has 0 aromatic heterocycles. The fourth-order valence-corrected chi connectivity index (χ4v) is 3.35. The largest absolute Gasteiger partial charge is 0.356 e. The van der Waals surface area contributed by atoms with Gasteiger partial charge in [-0.15, -0.1) is 24.0 Å². The van der Waals surface area contributed by atoms with Crippen molar-refractivity contribution in [3.05, 3.63) is 35.6 Å². The van der Waals surface area contributed by atoms with E-state index in [4.69, 9.17) is 0 Å². The number of nitrogens with zero attached hydrogens (tertiary/aromatic N) is 1. The lowest BCUT2D eigenvalue weighted by molar-refractivity contribution is -0.120. The van der Waals surface area contributed by atoms with Crippen LogP contribution < -0.4 is 16.0 Å². The van der Waals surface area contributed by atoms with Crippen molar-refractivity contribution in [3.8, 4) is 0 Å². The third-order valence-corrected chi connectivity index (χ3v) is 4.80. The smallest absolute Gasteiger partial charge is 0.224 e. The number of carbonyl (C=O) groups is 1. The van der Waals surface area contributed by atoms with Crippen molar-refractivity contribution in [2.24, 2.45) is 10.9 Å². The van der Waals surface area contributed by atoms with E-state index < -0.39 is 0 Å². The van der Waals surface area contributed by atoms with Crippen LogP contribution in [0.4, 0.5) is 4.39 Å². The Balaban J connectivity index is 0.00000364. The Morgan fingerprint density at radius 2 is 1.70 bits per heavy atom. The van der Waals surface area contributed by atoms with Gasteiger partial charge in [0.25, 0.3) is 0 Å². The van der Waals surface area contributed by atoms with Gasteiger partial charge in [-0.05, 0) is 36.5 Å². The van der Waals surface area contributed by atoms with Gasteiger partial charge >= 0.3 is 0 Å². The second kappa shape index (κ2) is 13.7. The van der Waals surface area contributed by atoms with Crippen LogP contribution in [0.3, 0.4) is 0 Å². The zero-order valence-electron chi connectivity index (χ0n) is 16.1. The summed E-state index contributed by atoms with van der Waals surface area (Å²) >= 11 is 0. The number of amides is 1. The van der Waals surface area contributed by atoms with Crippen molar-refractivity contribution in [2.75, 3.05) is 26.7 Å². The topological polar surface area (TPSA) is 65.5 Å².